The van der Waals surface area contributed by atoms with Crippen LogP contribution in [0.3, 0.4) is 0 Å². The molecule has 0 radical (unpaired) electrons. The molecule has 0 aliphatic carbocycles. The number of hydrogen-bond donors (Lipinski definition) is 11. The molecule has 0 spiro atoms. The van der Waals surface area contributed by atoms with Crippen LogP contribution in [0, 0.1) is 11.8 Å². The average Bonchev–Trinajstić information content (AvgIpc) is 3.80. The Morgan fingerprint density at radius 1 is 0.829 bits per heavy atom. The minimum absolute atomic E-state index is 0.0418. The Hall–Kier alpha value is -6.15. The first kappa shape index (κ1) is 58.2. The summed E-state index contributed by atoms with van der Waals surface area (Å²) in [7, 11) is 3.44. The van der Waals surface area contributed by atoms with E-state index in [-0.39, 0.29) is 49.0 Å². The van der Waals surface area contributed by atoms with Gasteiger partial charge in [0.2, 0.25) is 65.0 Å². The van der Waals surface area contributed by atoms with Crippen LogP contribution in [0.25, 0.3) is 0 Å². The molecule has 388 valence electrons. The van der Waals surface area contributed by atoms with E-state index >= 15 is 0 Å². The predicted octanol–water partition coefficient (Wildman–Crippen LogP) is -3.27. The lowest BCUT2D eigenvalue weighted by Gasteiger charge is -2.33. The zero-order valence-electron chi connectivity index (χ0n) is 40.0. The van der Waals surface area contributed by atoms with E-state index in [0.29, 0.717) is 18.4 Å². The van der Waals surface area contributed by atoms with Gasteiger partial charge in [-0.25, -0.2) is 0 Å². The van der Waals surface area contributed by atoms with Crippen molar-refractivity contribution in [1.29, 1.82) is 0 Å². The molecule has 0 saturated carbocycles. The van der Waals surface area contributed by atoms with Crippen molar-refractivity contribution in [3.63, 3.8) is 0 Å². The van der Waals surface area contributed by atoms with E-state index in [2.05, 4.69) is 31.9 Å². The molecule has 0 aromatic heterocycles. The Kier molecular flexibility index (Phi) is 23.2. The average molecular weight is 1020 g/mol. The van der Waals surface area contributed by atoms with Gasteiger partial charge < -0.3 is 69.7 Å². The number of likely N-dealkylation sites (N-methyl/N-ethyl adjacent to an activating group) is 1. The number of primary amides is 3. The second kappa shape index (κ2) is 27.9. The van der Waals surface area contributed by atoms with Gasteiger partial charge >= 0.3 is 0 Å². The van der Waals surface area contributed by atoms with Crippen LogP contribution in [0.15, 0.2) is 24.3 Å². The fourth-order valence-electron chi connectivity index (χ4n) is 7.65. The number of carbonyl (C=O) groups excluding carboxylic acids is 11. The van der Waals surface area contributed by atoms with Crippen molar-refractivity contribution in [2.24, 2.45) is 34.8 Å². The maximum atomic E-state index is 14.5. The minimum Gasteiger partial charge on any atom is -0.508 e. The van der Waals surface area contributed by atoms with Crippen LogP contribution in [0.4, 0.5) is 0 Å². The number of nitrogens with zero attached hydrogens (tertiary/aromatic N) is 2. The number of carbonyl (C=O) groups is 11. The quantitative estimate of drug-likeness (QED) is 0.0683. The monoisotopic (exact) mass is 1020 g/mol. The summed E-state index contributed by atoms with van der Waals surface area (Å²) in [5, 5.41) is 25.2. The van der Waals surface area contributed by atoms with Crippen molar-refractivity contribution >= 4 is 86.6 Å². The molecule has 1 aromatic rings. The molecule has 2 heterocycles. The largest absolute Gasteiger partial charge is 0.508 e. The maximum absolute atomic E-state index is 14.5. The molecular weight excluding hydrogens is 953 g/mol. The van der Waals surface area contributed by atoms with Crippen LogP contribution in [-0.4, -0.2) is 160 Å². The van der Waals surface area contributed by atoms with E-state index in [1.165, 1.54) is 24.1 Å². The van der Waals surface area contributed by atoms with E-state index in [1.807, 2.05) is 13.8 Å². The summed E-state index contributed by atoms with van der Waals surface area (Å²) in [5.74, 6) is -10.2. The Morgan fingerprint density at radius 3 is 2.06 bits per heavy atom. The van der Waals surface area contributed by atoms with Gasteiger partial charge in [-0.1, -0.05) is 67.8 Å². The number of likely N-dealkylation sites (tertiary alicyclic amines) is 1. The van der Waals surface area contributed by atoms with Gasteiger partial charge in [0.05, 0.1) is 19.0 Å². The first-order valence-corrected chi connectivity index (χ1v) is 25.4. The minimum atomic E-state index is -1.75. The molecule has 1 aromatic carbocycles. The van der Waals surface area contributed by atoms with E-state index in [1.54, 1.807) is 26.0 Å². The lowest BCUT2D eigenvalue weighted by Crippen LogP contribution is -2.61. The van der Waals surface area contributed by atoms with Crippen LogP contribution in [-0.2, 0) is 59.2 Å². The number of aromatic hydroxyl groups is 1. The summed E-state index contributed by atoms with van der Waals surface area (Å²) in [5.41, 5.74) is 23.1. The highest BCUT2D eigenvalue weighted by molar-refractivity contribution is 8.76. The number of phenols is 1. The lowest BCUT2D eigenvalue weighted by atomic mass is 9.96. The molecule has 0 bridgehead atoms. The van der Waals surface area contributed by atoms with Gasteiger partial charge in [-0.3, -0.25) is 52.7 Å². The Morgan fingerprint density at radius 2 is 1.46 bits per heavy atom. The molecule has 15 N–H and O–H groups in total. The van der Waals surface area contributed by atoms with E-state index < -0.39 is 145 Å². The molecule has 0 unspecified atom stereocenters. The summed E-state index contributed by atoms with van der Waals surface area (Å²) in [6.45, 7) is 6.62. The molecule has 70 heavy (non-hydrogen) atoms. The van der Waals surface area contributed by atoms with Gasteiger partial charge in [-0.2, -0.15) is 0 Å². The van der Waals surface area contributed by atoms with Gasteiger partial charge in [0.1, 0.15) is 48.0 Å². The van der Waals surface area contributed by atoms with E-state index in [4.69, 9.17) is 22.9 Å². The van der Waals surface area contributed by atoms with Crippen molar-refractivity contribution in [3.05, 3.63) is 29.8 Å². The molecule has 11 amide bonds. The Balaban J connectivity index is 2.08. The van der Waals surface area contributed by atoms with Crippen molar-refractivity contribution < 1.29 is 57.8 Å². The fourth-order valence-corrected chi connectivity index (χ4v) is 9.92. The van der Waals surface area contributed by atoms with Gasteiger partial charge in [-0.05, 0) is 55.2 Å². The van der Waals surface area contributed by atoms with Crippen molar-refractivity contribution in [1.82, 2.24) is 41.7 Å². The topological polar surface area (TPSA) is 391 Å². The van der Waals surface area contributed by atoms with Crippen LogP contribution in [0.1, 0.15) is 78.2 Å². The van der Waals surface area contributed by atoms with Gasteiger partial charge in [-0.15, -0.1) is 0 Å². The molecule has 2 aliphatic heterocycles. The second-order valence-electron chi connectivity index (χ2n) is 17.8. The third-order valence-electron chi connectivity index (χ3n) is 11.7. The van der Waals surface area contributed by atoms with Crippen LogP contribution >= 0.6 is 21.6 Å². The number of rotatable bonds is 17. The summed E-state index contributed by atoms with van der Waals surface area (Å²) in [4.78, 5) is 150. The molecule has 3 rings (SSSR count). The van der Waals surface area contributed by atoms with Crippen molar-refractivity contribution in [2.45, 2.75) is 127 Å². The fraction of sp³-hybridized carbons (Fsp3) is 0.614. The number of phenolic OH excluding ortho intramolecular Hbond substituents is 1. The Labute approximate surface area is 414 Å². The van der Waals surface area contributed by atoms with E-state index in [9.17, 15) is 57.8 Å². The number of benzene rings is 1. The maximum Gasteiger partial charge on any atom is 0.246 e. The molecule has 2 aliphatic rings. The normalized spacial score (nSPS) is 24.3. The van der Waals surface area contributed by atoms with Gasteiger partial charge in [0.25, 0.3) is 0 Å². The van der Waals surface area contributed by atoms with Crippen molar-refractivity contribution in [3.8, 4) is 5.75 Å². The zero-order valence-corrected chi connectivity index (χ0v) is 41.7. The molecule has 9 atom stereocenters. The zero-order chi connectivity index (χ0) is 52.4. The van der Waals surface area contributed by atoms with Crippen molar-refractivity contribution in [2.75, 3.05) is 31.6 Å². The number of nitrogens with two attached hydrogens (primary N) is 4. The number of amides is 11. The first-order chi connectivity index (χ1) is 32.9. The highest BCUT2D eigenvalue weighted by atomic mass is 33.1. The smallest absolute Gasteiger partial charge is 0.246 e. The highest BCUT2D eigenvalue weighted by Gasteiger charge is 2.41. The van der Waals surface area contributed by atoms with Crippen LogP contribution in [0.2, 0.25) is 0 Å². The van der Waals surface area contributed by atoms with Crippen LogP contribution < -0.4 is 54.8 Å². The SMILES string of the molecule is CC[C@H](C)[C@@H]1NC(=O)[C@H](Cc2ccc(O)cc2)N(C)C(=O)[C@@H](N)CSSC[C@@H](C(=O)N2CCC[C@H]2C(=O)N[C@@H](CC(C)C)C(=O)NCC(N)=O)NC(=O)[C@H](CC(N)=O)NC(=O)[C@H](CCC(N)=O)NC1=O. The first-order valence-electron chi connectivity index (χ1n) is 22.9. The molecular formula is C44H68N12O12S2. The summed E-state index contributed by atoms with van der Waals surface area (Å²) in [6.07, 6.45) is -0.663. The van der Waals surface area contributed by atoms with Gasteiger partial charge in [0, 0.05) is 37.9 Å². The highest BCUT2D eigenvalue weighted by Crippen LogP contribution is 2.27. The third kappa shape index (κ3) is 18.0. The predicted molar refractivity (Wildman–Crippen MR) is 259 cm³/mol. The van der Waals surface area contributed by atoms with E-state index in [0.717, 1.165) is 26.5 Å². The summed E-state index contributed by atoms with van der Waals surface area (Å²) >= 11 is 0. The molecule has 2 saturated heterocycles. The third-order valence-corrected chi connectivity index (χ3v) is 14.2. The molecule has 26 heteroatoms. The van der Waals surface area contributed by atoms with Crippen LogP contribution in [0.5, 0.6) is 5.75 Å². The summed E-state index contributed by atoms with van der Waals surface area (Å²) < 4.78 is 0. The Bertz CT molecular complexity index is 2080. The molecule has 24 nitrogen and oxygen atoms in total. The number of hydrogen-bond acceptors (Lipinski definition) is 15. The second-order valence-corrected chi connectivity index (χ2v) is 20.4. The van der Waals surface area contributed by atoms with Gasteiger partial charge in [0.15, 0.2) is 0 Å². The summed E-state index contributed by atoms with van der Waals surface area (Å²) in [6, 6.07) is -4.92. The lowest BCUT2D eigenvalue weighted by molar-refractivity contribution is -0.142. The number of nitrogens with one attached hydrogen (secondary N) is 6. The molecule has 2 fully saturated rings. The standard InChI is InChI=1S/C44H68N12O12S2/c1-6-23(4)36-42(66)50-27(13-14-33(46)58)38(62)51-29(18-34(47)59)39(63)53-30(44(68)56-15-7-8-31(56)40(64)52-28(16-22(2)3)37(61)49-19-35(48)60)21-70-69-20-26(45)43(67)55(5)32(41(65)54-36)17-24-9-11-25(57)12-10-24/h9-12,22-23,26-32,36,57H,6-8,13-21,45H2,1-5H3,(H2,46,58)(H2,47,59)(H2,48,60)(H,49,61)(H,50,66)(H,51,62)(H,52,64)(H,53,63)(H,54,65)/t23-,26-,27-,28-,29-,30-,31-,32-,36-/m0/s1.